The molecular weight excluding hydrogens is 2230 g/mol. The summed E-state index contributed by atoms with van der Waals surface area (Å²) < 4.78 is 0. The van der Waals surface area contributed by atoms with Gasteiger partial charge in [0.15, 0.2) is 0 Å². The zero-order chi connectivity index (χ0) is 14.6. The van der Waals surface area contributed by atoms with E-state index in [1.54, 1.807) is 12.2 Å². The summed E-state index contributed by atoms with van der Waals surface area (Å²) in [5.41, 5.74) is 0. The van der Waals surface area contributed by atoms with Crippen LogP contribution in [0.5, 0.6) is 0 Å². The van der Waals surface area contributed by atoms with Gasteiger partial charge in [0.05, 0.1) is 0 Å². The Morgan fingerprint density at radius 3 is 0.464 bits per heavy atom. The van der Waals surface area contributed by atoms with Crippen LogP contribution in [0.15, 0.2) is 12.2 Å². The molecule has 0 N–H and O–H groups in total. The third-order valence-electron chi connectivity index (χ3n) is 0.167. The smallest absolute Gasteiger partial charge is 0.382 e. The molecule has 0 heterocycles. The topological polar surface area (TPSA) is 0 Å². The van der Waals surface area contributed by atoms with Gasteiger partial charge in [-0.05, 0) is 0 Å². The molecule has 0 spiro atoms. The van der Waals surface area contributed by atoms with Crippen LogP contribution < -0.4 is 0 Å². The number of hydrogen-bond donors (Lipinski definition) is 0. The largest absolute Gasteiger partial charge is 2.00 e. The van der Waals surface area contributed by atoms with Gasteiger partial charge in [0.2, 0.25) is 0 Å². The molecular formula is C17H40W11. The Bertz CT molecular complexity index is 79.7. The van der Waals surface area contributed by atoms with Gasteiger partial charge in [-0.3, -0.25) is 0 Å². The summed E-state index contributed by atoms with van der Waals surface area (Å²) in [6.07, 6.45) is 3.28. The molecule has 0 unspecified atom stereocenters. The van der Waals surface area contributed by atoms with E-state index in [-0.39, 0.29) is 239 Å². The molecule has 0 aromatic heterocycles. The van der Waals surface area contributed by atoms with Gasteiger partial charge in [0.1, 0.15) is 0 Å². The van der Waals surface area contributed by atoms with Crippen molar-refractivity contribution < 1.29 is 232 Å². The molecule has 0 aromatic rings. The van der Waals surface area contributed by atoms with Gasteiger partial charge < -0.3 is 37.8 Å². The average molecular weight is 2270 g/mol. The molecule has 0 bridgehead atoms. The predicted octanol–water partition coefficient (Wildman–Crippen LogP) is 7.11. The Labute approximate surface area is 339 Å². The van der Waals surface area contributed by atoms with Crippen molar-refractivity contribution in [1.82, 2.24) is 0 Å². The predicted molar refractivity (Wildman–Crippen MR) is 89.8 cm³/mol. The fraction of sp³-hybridized carbons (Fsp3) is 0.647. The van der Waals surface area contributed by atoms with E-state index in [9.17, 15) is 0 Å². The summed E-state index contributed by atoms with van der Waals surface area (Å²) in [7, 11) is 0. The molecule has 0 aliphatic carbocycles. The zero-order valence-electron chi connectivity index (χ0n) is 18.1. The summed E-state index contributed by atoms with van der Waals surface area (Å²) in [6, 6.07) is 0. The first kappa shape index (κ1) is 125. The van der Waals surface area contributed by atoms with Crippen LogP contribution in [0.3, 0.4) is 0 Å². The summed E-state index contributed by atoms with van der Waals surface area (Å²) in [5, 5.41) is 0. The zero-order valence-corrected chi connectivity index (χ0v) is 50.3. The van der Waals surface area contributed by atoms with Gasteiger partial charge in [-0.15, -0.1) is 0 Å². The second-order valence-electron chi connectivity index (χ2n) is 3.47. The van der Waals surface area contributed by atoms with Crippen LogP contribution in [-0.4, -0.2) is 0 Å². The summed E-state index contributed by atoms with van der Waals surface area (Å²) in [4.78, 5) is 0. The van der Waals surface area contributed by atoms with Crippen molar-refractivity contribution in [3.8, 4) is 0 Å². The van der Waals surface area contributed by atoms with E-state index in [0.717, 1.165) is 0 Å². The Kier molecular flexibility index (Phi) is 731. The monoisotopic (exact) mass is 2270 g/mol. The van der Waals surface area contributed by atoms with Crippen molar-refractivity contribution in [3.05, 3.63) is 37.8 Å². The van der Waals surface area contributed by atoms with Crippen LogP contribution in [-0.2, 0) is 232 Å². The standard InChI is InChI=1S/2C4H9.C4H6.2C2H6.CH4.11W/c2*1-4(2)3;1-3-4-2;2*1-2;;;;;;;;;;;;/h2*1-3H3;3-4H,1-2H2;2*1-2H3;1H4;;;;;;;;;;;/q2*-1;-2;;;;;;;;;;;;;2*+2. The Morgan fingerprint density at radius 2 is 0.464 bits per heavy atom. The molecule has 0 fully saturated rings. The third kappa shape index (κ3) is 524. The van der Waals surface area contributed by atoms with E-state index in [1.165, 1.54) is 11.8 Å². The maximum absolute atomic E-state index is 3.36. The normalized spacial score (nSPS) is 4.29. The number of rotatable bonds is 0. The molecule has 0 aliphatic heterocycles. The van der Waals surface area contributed by atoms with Crippen molar-refractivity contribution in [2.24, 2.45) is 0 Å². The second kappa shape index (κ2) is 164. The fourth-order valence-electron chi connectivity index (χ4n) is 0. The van der Waals surface area contributed by atoms with Crippen LogP contribution >= 0.6 is 0 Å². The molecule has 0 amide bonds. The Hall–Kier alpha value is 7.05. The summed E-state index contributed by atoms with van der Waals surface area (Å²) in [6.45, 7) is 27.2. The van der Waals surface area contributed by atoms with Gasteiger partial charge >= 0.3 is 42.1 Å². The van der Waals surface area contributed by atoms with Gasteiger partial charge in [-0.1, -0.05) is 35.1 Å². The molecule has 0 rings (SSSR count). The van der Waals surface area contributed by atoms with E-state index < -0.39 is 0 Å². The van der Waals surface area contributed by atoms with Crippen LogP contribution in [0.25, 0.3) is 0 Å². The summed E-state index contributed by atoms with van der Waals surface area (Å²) >= 11 is 0. The molecule has 0 aliphatic rings. The minimum Gasteiger partial charge on any atom is -0.382 e. The number of allylic oxidation sites excluding steroid dienone is 2. The molecule has 0 nitrogen and oxygen atoms in total. The first-order valence-electron chi connectivity index (χ1n) is 6.15. The van der Waals surface area contributed by atoms with E-state index >= 15 is 0 Å². The molecule has 0 atom stereocenters. The number of hydrogen-bond acceptors (Lipinski definition) is 0. The SMILES string of the molecule is C.CC.CC.C[C-](C)C.C[C-](C)C.[CH2-]C=C[CH2-].[W+2].[W+2].[W].[W].[W].[W].[W].[W].[W].[W].[W]. The Balaban J connectivity index is -0.00000000331. The van der Waals surface area contributed by atoms with Crippen LogP contribution in [0.1, 0.15) is 76.7 Å². The molecule has 0 aromatic carbocycles. The maximum atomic E-state index is 3.36. The van der Waals surface area contributed by atoms with E-state index in [2.05, 4.69) is 55.4 Å². The maximum Gasteiger partial charge on any atom is 2.00 e. The van der Waals surface area contributed by atoms with Crippen molar-refractivity contribution in [1.29, 1.82) is 0 Å². The first-order chi connectivity index (χ1) is 7.38. The molecule has 11 heteroatoms. The van der Waals surface area contributed by atoms with Crippen molar-refractivity contribution >= 4 is 0 Å². The minimum absolute atomic E-state index is 0. The van der Waals surface area contributed by atoms with E-state index in [0.29, 0.717) is 0 Å². The van der Waals surface area contributed by atoms with Gasteiger partial charge in [-0.25, -0.2) is 0 Å². The molecule has 0 radical (unpaired) electrons. The third-order valence-corrected chi connectivity index (χ3v) is 0.167. The van der Waals surface area contributed by atoms with Gasteiger partial charge in [-0.2, -0.15) is 41.5 Å². The summed E-state index contributed by atoms with van der Waals surface area (Å²) in [5.74, 6) is 2.83. The molecule has 0 saturated carbocycles. The fourth-order valence-corrected chi connectivity index (χ4v) is 0. The first-order valence-corrected chi connectivity index (χ1v) is 6.15. The van der Waals surface area contributed by atoms with Crippen molar-refractivity contribution in [3.63, 3.8) is 0 Å². The van der Waals surface area contributed by atoms with Crippen LogP contribution in [0.4, 0.5) is 0 Å². The van der Waals surface area contributed by atoms with Gasteiger partial charge in [0, 0.05) is 190 Å². The minimum atomic E-state index is 0. The van der Waals surface area contributed by atoms with E-state index in [4.69, 9.17) is 0 Å². The van der Waals surface area contributed by atoms with Crippen molar-refractivity contribution in [2.75, 3.05) is 0 Å². The van der Waals surface area contributed by atoms with E-state index in [1.807, 2.05) is 27.7 Å². The van der Waals surface area contributed by atoms with Crippen LogP contribution in [0.2, 0.25) is 0 Å². The average Bonchev–Trinajstić information content (AvgIpc) is 2.22. The Morgan fingerprint density at radius 1 is 0.429 bits per heavy atom. The second-order valence-corrected chi connectivity index (χ2v) is 3.47. The molecule has 174 valence electrons. The molecule has 0 saturated heterocycles. The molecule has 28 heavy (non-hydrogen) atoms. The van der Waals surface area contributed by atoms with Crippen LogP contribution in [0, 0.1) is 25.7 Å². The quantitative estimate of drug-likeness (QED) is 0.227. The van der Waals surface area contributed by atoms with Gasteiger partial charge in [0.25, 0.3) is 0 Å². The van der Waals surface area contributed by atoms with Crippen molar-refractivity contribution in [2.45, 2.75) is 76.7 Å².